The normalized spacial score (nSPS) is 29.0. The summed E-state index contributed by atoms with van der Waals surface area (Å²) in [5, 5.41) is 0. The number of hydrogen-bond donors (Lipinski definition) is 0. The van der Waals surface area contributed by atoms with Crippen LogP contribution in [0.25, 0.3) is 0 Å². The van der Waals surface area contributed by atoms with Crippen LogP contribution in [0.1, 0.15) is 18.4 Å². The van der Waals surface area contributed by atoms with Crippen molar-refractivity contribution >= 4 is 23.5 Å². The lowest BCUT2D eigenvalue weighted by Crippen LogP contribution is -2.41. The predicted molar refractivity (Wildman–Crippen MR) is 78.3 cm³/mol. The Morgan fingerprint density at radius 1 is 1.15 bits per heavy atom. The van der Waals surface area contributed by atoms with E-state index in [1.807, 2.05) is 42.1 Å². The van der Waals surface area contributed by atoms with Crippen molar-refractivity contribution in [2.75, 3.05) is 11.5 Å². The third-order valence-electron chi connectivity index (χ3n) is 4.14. The minimum absolute atomic E-state index is 0.0711. The summed E-state index contributed by atoms with van der Waals surface area (Å²) in [5.74, 6) is 2.03. The van der Waals surface area contributed by atoms with Crippen LogP contribution in [0.2, 0.25) is 0 Å². The summed E-state index contributed by atoms with van der Waals surface area (Å²) in [7, 11) is 0. The summed E-state index contributed by atoms with van der Waals surface area (Å²) in [6, 6.07) is 9.71. The molecule has 3 nitrogen and oxygen atoms in total. The van der Waals surface area contributed by atoms with Crippen molar-refractivity contribution in [1.82, 2.24) is 0 Å². The maximum Gasteiger partial charge on any atom is 0.309 e. The van der Waals surface area contributed by atoms with E-state index in [1.54, 1.807) is 0 Å². The van der Waals surface area contributed by atoms with Gasteiger partial charge in [-0.3, -0.25) is 9.59 Å². The SMILES string of the molecule is O=C(OCc1ccccc1)C1C[C@H]2CSC[C@@H](C1)C2=O. The Morgan fingerprint density at radius 2 is 1.80 bits per heavy atom. The molecular weight excluding hydrogens is 272 g/mol. The predicted octanol–water partition coefficient (Wildman–Crippen LogP) is 2.69. The van der Waals surface area contributed by atoms with Crippen LogP contribution in [-0.4, -0.2) is 23.3 Å². The van der Waals surface area contributed by atoms with Gasteiger partial charge in [-0.25, -0.2) is 0 Å². The van der Waals surface area contributed by atoms with Gasteiger partial charge in [0.15, 0.2) is 0 Å². The maximum atomic E-state index is 12.2. The first-order valence-corrected chi connectivity index (χ1v) is 8.21. The van der Waals surface area contributed by atoms with Crippen molar-refractivity contribution < 1.29 is 14.3 Å². The highest BCUT2D eigenvalue weighted by Gasteiger charge is 2.42. The molecule has 1 saturated heterocycles. The van der Waals surface area contributed by atoms with E-state index in [1.165, 1.54) is 0 Å². The molecule has 1 aliphatic heterocycles. The quantitative estimate of drug-likeness (QED) is 0.803. The van der Waals surface area contributed by atoms with E-state index >= 15 is 0 Å². The topological polar surface area (TPSA) is 43.4 Å². The zero-order valence-electron chi connectivity index (χ0n) is 11.3. The maximum absolute atomic E-state index is 12.2. The Kier molecular flexibility index (Phi) is 4.10. The van der Waals surface area contributed by atoms with Crippen molar-refractivity contribution in [2.24, 2.45) is 17.8 Å². The van der Waals surface area contributed by atoms with Crippen LogP contribution < -0.4 is 0 Å². The molecule has 2 aliphatic rings. The molecule has 1 heterocycles. The molecule has 0 radical (unpaired) electrons. The lowest BCUT2D eigenvalue weighted by Gasteiger charge is -2.36. The van der Waals surface area contributed by atoms with Crippen LogP contribution in [0.3, 0.4) is 0 Å². The highest BCUT2D eigenvalue weighted by molar-refractivity contribution is 7.99. The monoisotopic (exact) mass is 290 g/mol. The molecule has 1 aliphatic carbocycles. The number of ether oxygens (including phenoxy) is 1. The Labute approximate surface area is 123 Å². The lowest BCUT2D eigenvalue weighted by atomic mass is 9.75. The first kappa shape index (κ1) is 13.7. The third-order valence-corrected chi connectivity index (χ3v) is 5.41. The second-order valence-electron chi connectivity index (χ2n) is 5.60. The number of carbonyl (C=O) groups excluding carboxylic acids is 2. The number of ketones is 1. The van der Waals surface area contributed by atoms with Gasteiger partial charge in [0.1, 0.15) is 12.4 Å². The zero-order chi connectivity index (χ0) is 13.9. The van der Waals surface area contributed by atoms with Crippen LogP contribution in [0.5, 0.6) is 0 Å². The molecule has 3 atom stereocenters. The number of benzene rings is 1. The summed E-state index contributed by atoms with van der Waals surface area (Å²) >= 11 is 1.84. The molecule has 3 rings (SSSR count). The summed E-state index contributed by atoms with van der Waals surface area (Å²) in [5.41, 5.74) is 1.00. The van der Waals surface area contributed by atoms with Gasteiger partial charge in [-0.2, -0.15) is 11.8 Å². The molecule has 2 fully saturated rings. The molecule has 1 aromatic rings. The van der Waals surface area contributed by atoms with Gasteiger partial charge in [0.05, 0.1) is 5.92 Å². The summed E-state index contributed by atoms with van der Waals surface area (Å²) in [6.45, 7) is 0.328. The number of carbonyl (C=O) groups is 2. The Bertz CT molecular complexity index is 484. The number of rotatable bonds is 3. The van der Waals surface area contributed by atoms with Gasteiger partial charge in [0, 0.05) is 23.3 Å². The van der Waals surface area contributed by atoms with Crippen LogP contribution in [0.4, 0.5) is 0 Å². The van der Waals surface area contributed by atoms with Crippen LogP contribution >= 0.6 is 11.8 Å². The largest absolute Gasteiger partial charge is 0.461 e. The van der Waals surface area contributed by atoms with E-state index in [0.717, 1.165) is 17.1 Å². The van der Waals surface area contributed by atoms with Crippen molar-refractivity contribution in [3.63, 3.8) is 0 Å². The van der Waals surface area contributed by atoms with Crippen molar-refractivity contribution in [2.45, 2.75) is 19.4 Å². The first-order chi connectivity index (χ1) is 9.74. The standard InChI is InChI=1S/C16H18O3S/c17-15-13-6-12(7-14(15)10-20-9-13)16(18)19-8-11-4-2-1-3-5-11/h1-5,12-14H,6-10H2/t12?,13-,14+. The van der Waals surface area contributed by atoms with E-state index < -0.39 is 0 Å². The minimum atomic E-state index is -0.136. The second-order valence-corrected chi connectivity index (χ2v) is 6.67. The van der Waals surface area contributed by atoms with Gasteiger partial charge in [0.2, 0.25) is 0 Å². The van der Waals surface area contributed by atoms with Crippen LogP contribution in [0, 0.1) is 17.8 Å². The average Bonchev–Trinajstić information content (AvgIpc) is 2.45. The molecule has 0 spiro atoms. The third kappa shape index (κ3) is 2.90. The van der Waals surface area contributed by atoms with E-state index in [2.05, 4.69) is 0 Å². The first-order valence-electron chi connectivity index (χ1n) is 7.06. The number of Topliss-reactive ketones (excluding diaryl/α,β-unsaturated/α-hetero) is 1. The van der Waals surface area contributed by atoms with Gasteiger partial charge in [-0.15, -0.1) is 0 Å². The van der Waals surface area contributed by atoms with Crippen molar-refractivity contribution in [3.8, 4) is 0 Å². The fourth-order valence-electron chi connectivity index (χ4n) is 3.04. The van der Waals surface area contributed by atoms with E-state index in [9.17, 15) is 9.59 Å². The van der Waals surface area contributed by atoms with Gasteiger partial charge >= 0.3 is 5.97 Å². The molecule has 20 heavy (non-hydrogen) atoms. The average molecular weight is 290 g/mol. The number of fused-ring (bicyclic) bond motifs is 2. The van der Waals surface area contributed by atoms with Crippen LogP contribution in [-0.2, 0) is 20.9 Å². The van der Waals surface area contributed by atoms with Crippen molar-refractivity contribution in [1.29, 1.82) is 0 Å². The molecule has 1 saturated carbocycles. The minimum Gasteiger partial charge on any atom is -0.461 e. The Morgan fingerprint density at radius 3 is 2.45 bits per heavy atom. The lowest BCUT2D eigenvalue weighted by molar-refractivity contribution is -0.153. The highest BCUT2D eigenvalue weighted by Crippen LogP contribution is 2.39. The zero-order valence-corrected chi connectivity index (χ0v) is 12.1. The molecule has 106 valence electrons. The molecule has 1 unspecified atom stereocenters. The molecule has 0 aromatic heterocycles. The molecular formula is C16H18O3S. The van der Waals surface area contributed by atoms with Gasteiger partial charge in [0.25, 0.3) is 0 Å². The smallest absolute Gasteiger partial charge is 0.309 e. The summed E-state index contributed by atoms with van der Waals surface area (Å²) in [4.78, 5) is 24.2. The van der Waals surface area contributed by atoms with E-state index in [4.69, 9.17) is 4.74 Å². The van der Waals surface area contributed by atoms with Gasteiger partial charge < -0.3 is 4.74 Å². The van der Waals surface area contributed by atoms with E-state index in [-0.39, 0.29) is 23.7 Å². The molecule has 2 bridgehead atoms. The number of hydrogen-bond acceptors (Lipinski definition) is 4. The fourth-order valence-corrected chi connectivity index (χ4v) is 4.35. The summed E-state index contributed by atoms with van der Waals surface area (Å²) < 4.78 is 5.41. The molecule has 0 N–H and O–H groups in total. The van der Waals surface area contributed by atoms with Crippen LogP contribution in [0.15, 0.2) is 30.3 Å². The van der Waals surface area contributed by atoms with E-state index in [0.29, 0.717) is 25.2 Å². The second kappa shape index (κ2) is 6.00. The Hall–Kier alpha value is -1.29. The summed E-state index contributed by atoms with van der Waals surface area (Å²) in [6.07, 6.45) is 1.35. The number of thioether (sulfide) groups is 1. The fraction of sp³-hybridized carbons (Fsp3) is 0.500. The van der Waals surface area contributed by atoms with Crippen molar-refractivity contribution in [3.05, 3.63) is 35.9 Å². The highest BCUT2D eigenvalue weighted by atomic mass is 32.2. The Balaban J connectivity index is 1.57. The molecule has 4 heteroatoms. The van der Waals surface area contributed by atoms with Gasteiger partial charge in [-0.1, -0.05) is 30.3 Å². The molecule has 1 aromatic carbocycles. The van der Waals surface area contributed by atoms with Gasteiger partial charge in [-0.05, 0) is 18.4 Å². The molecule has 0 amide bonds. The number of esters is 1.